The van der Waals surface area contributed by atoms with Gasteiger partial charge in [-0.2, -0.15) is 0 Å². The summed E-state index contributed by atoms with van der Waals surface area (Å²) < 4.78 is 6.06. The highest BCUT2D eigenvalue weighted by Gasteiger charge is 2.64. The van der Waals surface area contributed by atoms with Gasteiger partial charge in [0.15, 0.2) is 5.78 Å². The van der Waals surface area contributed by atoms with Crippen LogP contribution in [-0.2, 0) is 0 Å². The maximum atomic E-state index is 12.3. The predicted molar refractivity (Wildman–Crippen MR) is 157 cm³/mol. The van der Waals surface area contributed by atoms with Crippen molar-refractivity contribution in [2.24, 2.45) is 58.2 Å². The third-order valence-electron chi connectivity index (χ3n) is 13.2. The van der Waals surface area contributed by atoms with Crippen LogP contribution in [0.1, 0.15) is 115 Å². The molecule has 1 aromatic heterocycles. The second kappa shape index (κ2) is 11.0. The summed E-state index contributed by atoms with van der Waals surface area (Å²) in [6.07, 6.45) is 14.2. The molecule has 0 aliphatic heterocycles. The maximum Gasteiger partial charge on any atom is 0.213 e. The number of aliphatic hydroxyl groups excluding tert-OH is 2. The Morgan fingerprint density at radius 2 is 1.77 bits per heavy atom. The SMILES string of the molecule is CC[C@H]1[C@@H](O)[C@@H]2[C@H](CC[C@]3(C)[C@@H]([C@H](C)CCOc4ccc(C(=O)CC5CC5)cn4)CC[C@@H]23)[C@@]2(C)CC[C@@H](O)C[C@@H]12. The Morgan fingerprint density at radius 1 is 1.02 bits per heavy atom. The van der Waals surface area contributed by atoms with E-state index in [1.807, 2.05) is 12.1 Å². The summed E-state index contributed by atoms with van der Waals surface area (Å²) in [5.41, 5.74) is 1.24. The average Bonchev–Trinajstić information content (AvgIpc) is 3.68. The zero-order valence-electron chi connectivity index (χ0n) is 25.4. The number of hydrogen-bond donors (Lipinski definition) is 2. The van der Waals surface area contributed by atoms with E-state index in [-0.39, 0.29) is 28.8 Å². The number of fused-ring (bicyclic) bond motifs is 5. The number of ether oxygens (including phenoxy) is 1. The molecular formula is C35H53NO4. The molecule has 1 heterocycles. The fourth-order valence-electron chi connectivity index (χ4n) is 10.8. The Morgan fingerprint density at radius 3 is 2.48 bits per heavy atom. The molecular weight excluding hydrogens is 498 g/mol. The van der Waals surface area contributed by atoms with Crippen LogP contribution in [0.25, 0.3) is 0 Å². The molecule has 5 saturated carbocycles. The highest BCUT2D eigenvalue weighted by Crippen LogP contribution is 2.69. The molecule has 11 atom stereocenters. The highest BCUT2D eigenvalue weighted by molar-refractivity contribution is 5.96. The third-order valence-corrected chi connectivity index (χ3v) is 13.2. The van der Waals surface area contributed by atoms with Crippen molar-refractivity contribution >= 4 is 5.78 Å². The van der Waals surface area contributed by atoms with E-state index in [0.717, 1.165) is 32.1 Å². The first-order valence-electron chi connectivity index (χ1n) is 16.6. The number of ketones is 1. The van der Waals surface area contributed by atoms with Crippen molar-refractivity contribution in [3.8, 4) is 5.88 Å². The molecule has 6 rings (SSSR count). The Labute approximate surface area is 241 Å². The summed E-state index contributed by atoms with van der Waals surface area (Å²) in [7, 11) is 0. The summed E-state index contributed by atoms with van der Waals surface area (Å²) in [6, 6.07) is 3.72. The van der Waals surface area contributed by atoms with Crippen LogP contribution in [-0.4, -0.2) is 39.8 Å². The van der Waals surface area contributed by atoms with Crippen molar-refractivity contribution in [2.75, 3.05) is 6.61 Å². The number of aromatic nitrogens is 1. The minimum atomic E-state index is -0.231. The van der Waals surface area contributed by atoms with Crippen molar-refractivity contribution in [1.82, 2.24) is 4.98 Å². The normalized spacial score (nSPS) is 43.4. The van der Waals surface area contributed by atoms with Gasteiger partial charge in [0.25, 0.3) is 0 Å². The molecule has 0 saturated heterocycles. The average molecular weight is 552 g/mol. The lowest BCUT2D eigenvalue weighted by Crippen LogP contribution is -2.62. The highest BCUT2D eigenvalue weighted by atomic mass is 16.5. The lowest BCUT2D eigenvalue weighted by molar-refractivity contribution is -0.203. The van der Waals surface area contributed by atoms with Gasteiger partial charge in [-0.3, -0.25) is 4.79 Å². The Bertz CT molecular complexity index is 1050. The van der Waals surface area contributed by atoms with Crippen molar-refractivity contribution in [2.45, 2.75) is 117 Å². The van der Waals surface area contributed by atoms with Gasteiger partial charge in [0.05, 0.1) is 18.8 Å². The summed E-state index contributed by atoms with van der Waals surface area (Å²) >= 11 is 0. The van der Waals surface area contributed by atoms with Crippen LogP contribution in [0.3, 0.4) is 0 Å². The first-order valence-corrected chi connectivity index (χ1v) is 16.6. The molecule has 1 aromatic rings. The van der Waals surface area contributed by atoms with Gasteiger partial charge in [-0.05, 0) is 128 Å². The van der Waals surface area contributed by atoms with Crippen LogP contribution in [0, 0.1) is 58.2 Å². The van der Waals surface area contributed by atoms with E-state index in [2.05, 4.69) is 32.7 Å². The Kier molecular flexibility index (Phi) is 7.87. The summed E-state index contributed by atoms with van der Waals surface area (Å²) in [5, 5.41) is 22.5. The van der Waals surface area contributed by atoms with Crippen LogP contribution in [0.5, 0.6) is 5.88 Å². The second-order valence-electron chi connectivity index (χ2n) is 15.2. The zero-order valence-corrected chi connectivity index (χ0v) is 25.4. The van der Waals surface area contributed by atoms with E-state index >= 15 is 0 Å². The van der Waals surface area contributed by atoms with E-state index in [0.29, 0.717) is 71.8 Å². The summed E-state index contributed by atoms with van der Waals surface area (Å²) in [5.74, 6) is 4.97. The maximum absolute atomic E-state index is 12.3. The summed E-state index contributed by atoms with van der Waals surface area (Å²) in [6.45, 7) is 10.4. The first-order chi connectivity index (χ1) is 19.2. The Hall–Kier alpha value is -1.46. The van der Waals surface area contributed by atoms with Crippen molar-refractivity contribution in [3.05, 3.63) is 23.9 Å². The van der Waals surface area contributed by atoms with Crippen LogP contribution in [0.4, 0.5) is 0 Å². The Balaban J connectivity index is 1.09. The van der Waals surface area contributed by atoms with E-state index < -0.39 is 0 Å². The molecule has 0 aromatic carbocycles. The molecule has 0 radical (unpaired) electrons. The molecule has 0 bridgehead atoms. The number of hydrogen-bond acceptors (Lipinski definition) is 5. The molecule has 0 unspecified atom stereocenters. The fraction of sp³-hybridized carbons (Fsp3) is 0.829. The number of nitrogens with zero attached hydrogens (tertiary/aromatic N) is 1. The first kappa shape index (κ1) is 28.6. The van der Waals surface area contributed by atoms with Gasteiger partial charge in [0.1, 0.15) is 0 Å². The fourth-order valence-corrected chi connectivity index (χ4v) is 10.8. The molecule has 5 nitrogen and oxygen atoms in total. The molecule has 0 spiro atoms. The topological polar surface area (TPSA) is 79.7 Å². The van der Waals surface area contributed by atoms with Crippen molar-refractivity contribution < 1.29 is 19.7 Å². The van der Waals surface area contributed by atoms with Gasteiger partial charge < -0.3 is 14.9 Å². The molecule has 40 heavy (non-hydrogen) atoms. The van der Waals surface area contributed by atoms with Gasteiger partial charge >= 0.3 is 0 Å². The second-order valence-corrected chi connectivity index (χ2v) is 15.2. The van der Waals surface area contributed by atoms with Crippen LogP contribution in [0.2, 0.25) is 0 Å². The van der Waals surface area contributed by atoms with Crippen molar-refractivity contribution in [1.29, 1.82) is 0 Å². The van der Waals surface area contributed by atoms with Gasteiger partial charge in [-0.25, -0.2) is 4.98 Å². The zero-order chi connectivity index (χ0) is 28.2. The van der Waals surface area contributed by atoms with Gasteiger partial charge in [-0.15, -0.1) is 0 Å². The lowest BCUT2D eigenvalue weighted by atomic mass is 9.41. The van der Waals surface area contributed by atoms with E-state index in [9.17, 15) is 15.0 Å². The quantitative estimate of drug-likeness (QED) is 0.320. The lowest BCUT2D eigenvalue weighted by Gasteiger charge is -2.64. The van der Waals surface area contributed by atoms with Crippen LogP contribution in [0.15, 0.2) is 18.3 Å². The summed E-state index contributed by atoms with van der Waals surface area (Å²) in [4.78, 5) is 16.8. The van der Waals surface area contributed by atoms with Gasteiger partial charge in [0.2, 0.25) is 5.88 Å². The number of rotatable bonds is 9. The van der Waals surface area contributed by atoms with E-state index in [1.54, 1.807) is 6.20 Å². The molecule has 5 aliphatic carbocycles. The van der Waals surface area contributed by atoms with Crippen molar-refractivity contribution in [3.63, 3.8) is 0 Å². The largest absolute Gasteiger partial charge is 0.478 e. The monoisotopic (exact) mass is 551 g/mol. The minimum Gasteiger partial charge on any atom is -0.478 e. The van der Waals surface area contributed by atoms with Crippen LogP contribution < -0.4 is 4.74 Å². The van der Waals surface area contributed by atoms with E-state index in [1.165, 1.54) is 38.5 Å². The standard InChI is InChI=1S/C35H53NO4/c1-5-25-29-19-24(37)12-15-35(29,4)28-13-16-34(3)26(9-10-27(34)32(28)33(25)39)21(2)14-17-40-31-11-8-23(20-36-31)30(38)18-22-6-7-22/h8,11,20-22,24-29,32-33,37,39H,5-7,9-10,12-19H2,1-4H3/t21-,24-,25-,26-,27+,28+,29+,32+,33-,34-,35-/m1/s1. The smallest absolute Gasteiger partial charge is 0.213 e. The third kappa shape index (κ3) is 4.95. The van der Waals surface area contributed by atoms with E-state index in [4.69, 9.17) is 4.74 Å². The molecule has 5 aliphatic rings. The van der Waals surface area contributed by atoms with Crippen LogP contribution >= 0.6 is 0 Å². The van der Waals surface area contributed by atoms with Gasteiger partial charge in [-0.1, -0.05) is 34.1 Å². The number of Topliss-reactive ketones (excluding diaryl/α,β-unsaturated/α-hetero) is 1. The number of aliphatic hydroxyl groups is 2. The molecule has 2 N–H and O–H groups in total. The molecule has 222 valence electrons. The minimum absolute atomic E-state index is 0.188. The predicted octanol–water partition coefficient (Wildman–Crippen LogP) is 7.10. The number of carbonyl (C=O) groups is 1. The number of pyridine rings is 1. The molecule has 5 heteroatoms. The van der Waals surface area contributed by atoms with Gasteiger partial charge in [0, 0.05) is 24.2 Å². The molecule has 0 amide bonds. The number of carbonyl (C=O) groups excluding carboxylic acids is 1. The molecule has 5 fully saturated rings.